The number of carbonyl (C=O) groups excluding carboxylic acids is 3. The summed E-state index contributed by atoms with van der Waals surface area (Å²) in [7, 11) is 1.71. The van der Waals surface area contributed by atoms with Crippen molar-refractivity contribution in [2.75, 3.05) is 43.9 Å². The molecule has 0 aliphatic carbocycles. The fourth-order valence-corrected chi connectivity index (χ4v) is 3.05. The molecule has 3 amide bonds. The predicted octanol–water partition coefficient (Wildman–Crippen LogP) is 3.33. The largest absolute Gasteiger partial charge is 0.342 e. The summed E-state index contributed by atoms with van der Waals surface area (Å²) >= 11 is 5.87. The number of rotatable bonds is 9. The van der Waals surface area contributed by atoms with E-state index in [1.165, 1.54) is 0 Å². The Balaban J connectivity index is 1.99. The van der Waals surface area contributed by atoms with Gasteiger partial charge in [-0.05, 0) is 57.3 Å². The number of hydrogen-bond acceptors (Lipinski definition) is 4. The molecule has 0 heterocycles. The minimum Gasteiger partial charge on any atom is -0.342 e. The van der Waals surface area contributed by atoms with Crippen LogP contribution in [0.3, 0.4) is 0 Å². The zero-order valence-corrected chi connectivity index (χ0v) is 18.2. The Labute approximate surface area is 182 Å². The fourth-order valence-electron chi connectivity index (χ4n) is 2.92. The third-order valence-electron chi connectivity index (χ3n) is 4.48. The van der Waals surface area contributed by atoms with Crippen molar-refractivity contribution < 1.29 is 14.4 Å². The van der Waals surface area contributed by atoms with Crippen molar-refractivity contribution in [3.05, 3.63) is 59.1 Å². The normalized spacial score (nSPS) is 10.6. The van der Waals surface area contributed by atoms with Gasteiger partial charge in [0.05, 0.1) is 24.3 Å². The Morgan fingerprint density at radius 1 is 0.900 bits per heavy atom. The standard InChI is InChI=1S/C22H27ClN4O3/c1-4-27(5-2)21(29)15-26(3)14-20(28)25-19-9-7-6-8-18(19)22(30)24-17-12-10-16(23)11-13-17/h6-13H,4-5,14-15H2,1-3H3,(H,24,30)(H,25,28). The van der Waals surface area contributed by atoms with Gasteiger partial charge in [-0.1, -0.05) is 23.7 Å². The molecule has 0 bridgehead atoms. The van der Waals surface area contributed by atoms with E-state index in [1.807, 2.05) is 13.8 Å². The molecular formula is C22H27ClN4O3. The van der Waals surface area contributed by atoms with Crippen LogP contribution in [0.4, 0.5) is 11.4 Å². The van der Waals surface area contributed by atoms with E-state index in [2.05, 4.69) is 10.6 Å². The van der Waals surface area contributed by atoms with Crippen LogP contribution in [0.15, 0.2) is 48.5 Å². The second kappa shape index (κ2) is 11.3. The van der Waals surface area contributed by atoms with Crippen molar-refractivity contribution in [2.45, 2.75) is 13.8 Å². The molecule has 2 rings (SSSR count). The van der Waals surface area contributed by atoms with Gasteiger partial charge in [0.15, 0.2) is 0 Å². The van der Waals surface area contributed by atoms with Gasteiger partial charge < -0.3 is 15.5 Å². The zero-order valence-electron chi connectivity index (χ0n) is 17.4. The lowest BCUT2D eigenvalue weighted by molar-refractivity contribution is -0.132. The van der Waals surface area contributed by atoms with Crippen molar-refractivity contribution in [3.63, 3.8) is 0 Å². The van der Waals surface area contributed by atoms with Gasteiger partial charge in [-0.25, -0.2) is 0 Å². The lowest BCUT2D eigenvalue weighted by Gasteiger charge is -2.22. The van der Waals surface area contributed by atoms with Crippen molar-refractivity contribution >= 4 is 40.7 Å². The highest BCUT2D eigenvalue weighted by molar-refractivity contribution is 6.30. The second-order valence-corrected chi connectivity index (χ2v) is 7.23. The van der Waals surface area contributed by atoms with Crippen LogP contribution < -0.4 is 10.6 Å². The highest BCUT2D eigenvalue weighted by atomic mass is 35.5. The Hall–Kier alpha value is -2.90. The van der Waals surface area contributed by atoms with Crippen molar-refractivity contribution in [2.24, 2.45) is 0 Å². The average Bonchev–Trinajstić information content (AvgIpc) is 2.70. The molecule has 0 aliphatic rings. The topological polar surface area (TPSA) is 81.8 Å². The van der Waals surface area contributed by atoms with E-state index in [0.29, 0.717) is 35.1 Å². The first-order chi connectivity index (χ1) is 14.3. The van der Waals surface area contributed by atoms with E-state index >= 15 is 0 Å². The lowest BCUT2D eigenvalue weighted by atomic mass is 10.1. The van der Waals surface area contributed by atoms with Crippen LogP contribution in [0.5, 0.6) is 0 Å². The minimum absolute atomic E-state index is 0.0279. The van der Waals surface area contributed by atoms with Crippen molar-refractivity contribution in [1.82, 2.24) is 9.80 Å². The molecule has 0 saturated heterocycles. The smallest absolute Gasteiger partial charge is 0.257 e. The average molecular weight is 431 g/mol. The first-order valence-electron chi connectivity index (χ1n) is 9.76. The minimum atomic E-state index is -0.349. The van der Waals surface area contributed by atoms with E-state index in [0.717, 1.165) is 0 Å². The van der Waals surface area contributed by atoms with Gasteiger partial charge in [0.2, 0.25) is 11.8 Å². The first-order valence-corrected chi connectivity index (χ1v) is 10.1. The monoisotopic (exact) mass is 430 g/mol. The van der Waals surface area contributed by atoms with Crippen LogP contribution in [-0.4, -0.2) is 60.7 Å². The lowest BCUT2D eigenvalue weighted by Crippen LogP contribution is -2.41. The molecule has 0 aromatic heterocycles. The summed E-state index contributed by atoms with van der Waals surface area (Å²) in [6, 6.07) is 13.5. The van der Waals surface area contributed by atoms with Crippen LogP contribution >= 0.6 is 11.6 Å². The molecule has 7 nitrogen and oxygen atoms in total. The number of benzene rings is 2. The number of amides is 3. The van der Waals surface area contributed by atoms with Gasteiger partial charge in [-0.15, -0.1) is 0 Å². The molecule has 0 spiro atoms. The van der Waals surface area contributed by atoms with E-state index in [9.17, 15) is 14.4 Å². The molecule has 2 aromatic rings. The number of anilines is 2. The fraction of sp³-hybridized carbons (Fsp3) is 0.318. The van der Waals surface area contributed by atoms with E-state index < -0.39 is 0 Å². The summed E-state index contributed by atoms with van der Waals surface area (Å²) in [5.41, 5.74) is 1.33. The number of carbonyl (C=O) groups is 3. The molecule has 0 atom stereocenters. The van der Waals surface area contributed by atoms with Crippen molar-refractivity contribution in [1.29, 1.82) is 0 Å². The zero-order chi connectivity index (χ0) is 22.1. The molecule has 0 fully saturated rings. The summed E-state index contributed by atoms with van der Waals surface area (Å²) in [5.74, 6) is -0.687. The number of halogens is 1. The van der Waals surface area contributed by atoms with Crippen molar-refractivity contribution in [3.8, 4) is 0 Å². The second-order valence-electron chi connectivity index (χ2n) is 6.79. The van der Waals surface area contributed by atoms with Gasteiger partial charge in [-0.3, -0.25) is 19.3 Å². The molecule has 0 aliphatic heterocycles. The Kier molecular flexibility index (Phi) is 8.83. The SMILES string of the molecule is CCN(CC)C(=O)CN(C)CC(=O)Nc1ccccc1C(=O)Nc1ccc(Cl)cc1. The molecular weight excluding hydrogens is 404 g/mol. The molecule has 160 valence electrons. The van der Waals surface area contributed by atoms with Gasteiger partial charge in [0.1, 0.15) is 0 Å². The number of hydrogen-bond donors (Lipinski definition) is 2. The predicted molar refractivity (Wildman–Crippen MR) is 120 cm³/mol. The van der Waals surface area contributed by atoms with Crippen LogP contribution in [0.25, 0.3) is 0 Å². The summed E-state index contributed by atoms with van der Waals surface area (Å²) in [5, 5.41) is 6.12. The molecule has 30 heavy (non-hydrogen) atoms. The number of nitrogens with zero attached hydrogens (tertiary/aromatic N) is 2. The molecule has 2 aromatic carbocycles. The summed E-state index contributed by atoms with van der Waals surface area (Å²) < 4.78 is 0. The Bertz CT molecular complexity index is 882. The van der Waals surface area contributed by atoms with Gasteiger partial charge >= 0.3 is 0 Å². The number of likely N-dealkylation sites (N-methyl/N-ethyl adjacent to an activating group) is 2. The van der Waals surface area contributed by atoms with Gasteiger partial charge in [-0.2, -0.15) is 0 Å². The maximum absolute atomic E-state index is 12.7. The van der Waals surface area contributed by atoms with Crippen LogP contribution in [0.1, 0.15) is 24.2 Å². The van der Waals surface area contributed by atoms with E-state index in [1.54, 1.807) is 65.4 Å². The Morgan fingerprint density at radius 3 is 2.17 bits per heavy atom. The van der Waals surface area contributed by atoms with Gasteiger partial charge in [0, 0.05) is 23.8 Å². The molecule has 0 saturated carbocycles. The third-order valence-corrected chi connectivity index (χ3v) is 4.73. The molecule has 2 N–H and O–H groups in total. The summed E-state index contributed by atoms with van der Waals surface area (Å²) in [4.78, 5) is 40.7. The first kappa shape index (κ1) is 23.4. The van der Waals surface area contributed by atoms with Crippen LogP contribution in [0, 0.1) is 0 Å². The highest BCUT2D eigenvalue weighted by Gasteiger charge is 2.17. The third kappa shape index (κ3) is 6.86. The maximum Gasteiger partial charge on any atom is 0.257 e. The quantitative estimate of drug-likeness (QED) is 0.639. The molecule has 0 unspecified atom stereocenters. The Morgan fingerprint density at radius 2 is 1.53 bits per heavy atom. The van der Waals surface area contributed by atoms with E-state index in [4.69, 9.17) is 11.6 Å². The van der Waals surface area contributed by atoms with Crippen LogP contribution in [0.2, 0.25) is 5.02 Å². The number of nitrogens with one attached hydrogen (secondary N) is 2. The van der Waals surface area contributed by atoms with Gasteiger partial charge in [0.25, 0.3) is 5.91 Å². The maximum atomic E-state index is 12.7. The molecule has 0 radical (unpaired) electrons. The number of para-hydroxylation sites is 1. The highest BCUT2D eigenvalue weighted by Crippen LogP contribution is 2.19. The molecule has 8 heteroatoms. The summed E-state index contributed by atoms with van der Waals surface area (Å²) in [6.07, 6.45) is 0. The summed E-state index contributed by atoms with van der Waals surface area (Å²) in [6.45, 7) is 5.27. The van der Waals surface area contributed by atoms with E-state index in [-0.39, 0.29) is 30.8 Å². The van der Waals surface area contributed by atoms with Crippen LogP contribution in [-0.2, 0) is 9.59 Å².